The van der Waals surface area contributed by atoms with E-state index in [1.165, 1.54) is 0 Å². The smallest absolute Gasteiger partial charge is 0.313 e. The second kappa shape index (κ2) is 6.56. The molecule has 0 radical (unpaired) electrons. The van der Waals surface area contributed by atoms with Gasteiger partial charge in [-0.3, -0.25) is 0 Å². The molecule has 1 N–H and O–H groups in total. The standard InChI is InChI=1S/C14H16F3N3/c15-14(16,17)7-1-8-18-11-12-3-5-13(6-4-12)20-10-2-9-19-20/h2-6,9-10,18H,1,7-8,11H2. The van der Waals surface area contributed by atoms with Crippen molar-refractivity contribution in [1.29, 1.82) is 0 Å². The molecule has 0 spiro atoms. The van der Waals surface area contributed by atoms with Gasteiger partial charge >= 0.3 is 6.18 Å². The molecule has 0 saturated heterocycles. The quantitative estimate of drug-likeness (QED) is 0.824. The summed E-state index contributed by atoms with van der Waals surface area (Å²) in [5, 5.41) is 7.13. The van der Waals surface area contributed by atoms with Crippen LogP contribution in [0.5, 0.6) is 0 Å². The van der Waals surface area contributed by atoms with Crippen molar-refractivity contribution in [3.8, 4) is 5.69 Å². The number of aromatic nitrogens is 2. The Balaban J connectivity index is 1.74. The Labute approximate surface area is 115 Å². The second-order valence-electron chi connectivity index (χ2n) is 4.51. The van der Waals surface area contributed by atoms with Crippen LogP contribution in [-0.2, 0) is 6.54 Å². The molecule has 0 fully saturated rings. The van der Waals surface area contributed by atoms with Crippen LogP contribution in [0, 0.1) is 0 Å². The molecule has 6 heteroatoms. The van der Waals surface area contributed by atoms with E-state index in [-0.39, 0.29) is 6.42 Å². The first kappa shape index (κ1) is 14.6. The molecule has 2 rings (SSSR count). The van der Waals surface area contributed by atoms with Gasteiger partial charge < -0.3 is 5.32 Å². The number of halogens is 3. The van der Waals surface area contributed by atoms with Crippen LogP contribution >= 0.6 is 0 Å². The molecule has 0 bridgehead atoms. The van der Waals surface area contributed by atoms with E-state index >= 15 is 0 Å². The molecule has 0 amide bonds. The highest BCUT2D eigenvalue weighted by Crippen LogP contribution is 2.20. The second-order valence-corrected chi connectivity index (χ2v) is 4.51. The van der Waals surface area contributed by atoms with Crippen molar-refractivity contribution >= 4 is 0 Å². The molecule has 0 aliphatic heterocycles. The number of nitrogens with zero attached hydrogens (tertiary/aromatic N) is 2. The predicted octanol–water partition coefficient (Wildman–Crippen LogP) is 3.30. The van der Waals surface area contributed by atoms with Gasteiger partial charge in [-0.15, -0.1) is 0 Å². The summed E-state index contributed by atoms with van der Waals surface area (Å²) < 4.78 is 37.6. The normalized spacial score (nSPS) is 11.8. The van der Waals surface area contributed by atoms with Crippen LogP contribution in [-0.4, -0.2) is 22.5 Å². The summed E-state index contributed by atoms with van der Waals surface area (Å²) in [5.41, 5.74) is 1.99. The van der Waals surface area contributed by atoms with Gasteiger partial charge in [0.1, 0.15) is 0 Å². The van der Waals surface area contributed by atoms with Crippen molar-refractivity contribution in [3.63, 3.8) is 0 Å². The number of benzene rings is 1. The Morgan fingerprint density at radius 1 is 1.15 bits per heavy atom. The first-order valence-corrected chi connectivity index (χ1v) is 6.41. The molecular formula is C14H16F3N3. The molecule has 1 aromatic heterocycles. The third-order valence-electron chi connectivity index (χ3n) is 2.85. The van der Waals surface area contributed by atoms with Gasteiger partial charge in [0.25, 0.3) is 0 Å². The lowest BCUT2D eigenvalue weighted by Gasteiger charge is -2.08. The summed E-state index contributed by atoms with van der Waals surface area (Å²) in [4.78, 5) is 0. The minimum Gasteiger partial charge on any atom is -0.313 e. The van der Waals surface area contributed by atoms with Crippen molar-refractivity contribution in [2.45, 2.75) is 25.6 Å². The van der Waals surface area contributed by atoms with E-state index in [1.54, 1.807) is 10.9 Å². The van der Waals surface area contributed by atoms with E-state index < -0.39 is 12.6 Å². The number of hydrogen-bond donors (Lipinski definition) is 1. The van der Waals surface area contributed by atoms with Crippen LogP contribution < -0.4 is 5.32 Å². The van der Waals surface area contributed by atoms with Gasteiger partial charge in [-0.2, -0.15) is 18.3 Å². The number of alkyl halides is 3. The van der Waals surface area contributed by atoms with E-state index in [2.05, 4.69) is 10.4 Å². The highest BCUT2D eigenvalue weighted by molar-refractivity contribution is 5.33. The Morgan fingerprint density at radius 3 is 2.50 bits per heavy atom. The molecule has 1 aromatic carbocycles. The van der Waals surface area contributed by atoms with E-state index in [0.29, 0.717) is 13.1 Å². The van der Waals surface area contributed by atoms with Gasteiger partial charge in [-0.1, -0.05) is 12.1 Å². The molecular weight excluding hydrogens is 267 g/mol. The molecule has 3 nitrogen and oxygen atoms in total. The minimum atomic E-state index is -4.06. The third-order valence-corrected chi connectivity index (χ3v) is 2.85. The SMILES string of the molecule is FC(F)(F)CCCNCc1ccc(-n2cccn2)cc1. The summed E-state index contributed by atoms with van der Waals surface area (Å²) in [6, 6.07) is 9.58. The summed E-state index contributed by atoms with van der Waals surface area (Å²) in [7, 11) is 0. The summed E-state index contributed by atoms with van der Waals surface area (Å²) >= 11 is 0. The number of nitrogens with one attached hydrogen (secondary N) is 1. The van der Waals surface area contributed by atoms with Crippen molar-refractivity contribution < 1.29 is 13.2 Å². The van der Waals surface area contributed by atoms with Gasteiger partial charge in [0.2, 0.25) is 0 Å². The lowest BCUT2D eigenvalue weighted by Crippen LogP contribution is -2.17. The van der Waals surface area contributed by atoms with Gasteiger partial charge in [0.15, 0.2) is 0 Å². The fraction of sp³-hybridized carbons (Fsp3) is 0.357. The van der Waals surface area contributed by atoms with E-state index in [0.717, 1.165) is 11.3 Å². The molecule has 0 unspecified atom stereocenters. The summed E-state index contributed by atoms with van der Waals surface area (Å²) in [6.07, 6.45) is -1.14. The Morgan fingerprint density at radius 2 is 1.90 bits per heavy atom. The molecule has 0 aliphatic rings. The fourth-order valence-electron chi connectivity index (χ4n) is 1.83. The molecule has 2 aromatic rings. The van der Waals surface area contributed by atoms with Crippen LogP contribution in [0.3, 0.4) is 0 Å². The fourth-order valence-corrected chi connectivity index (χ4v) is 1.83. The zero-order valence-corrected chi connectivity index (χ0v) is 10.9. The van der Waals surface area contributed by atoms with Crippen molar-refractivity contribution in [2.75, 3.05) is 6.54 Å². The molecule has 0 atom stereocenters. The van der Waals surface area contributed by atoms with E-state index in [9.17, 15) is 13.2 Å². The van der Waals surface area contributed by atoms with E-state index in [4.69, 9.17) is 0 Å². The first-order valence-electron chi connectivity index (χ1n) is 6.41. The molecule has 0 aliphatic carbocycles. The third kappa shape index (κ3) is 4.70. The largest absolute Gasteiger partial charge is 0.389 e. The highest BCUT2D eigenvalue weighted by atomic mass is 19.4. The molecule has 108 valence electrons. The lowest BCUT2D eigenvalue weighted by atomic mass is 10.2. The van der Waals surface area contributed by atoms with Gasteiger partial charge in [-0.25, -0.2) is 4.68 Å². The van der Waals surface area contributed by atoms with Crippen molar-refractivity contribution in [3.05, 3.63) is 48.3 Å². The zero-order chi connectivity index (χ0) is 14.4. The van der Waals surface area contributed by atoms with Crippen LogP contribution in [0.1, 0.15) is 18.4 Å². The maximum absolute atomic E-state index is 11.9. The lowest BCUT2D eigenvalue weighted by molar-refractivity contribution is -0.135. The molecule has 20 heavy (non-hydrogen) atoms. The monoisotopic (exact) mass is 283 g/mol. The average Bonchev–Trinajstić information content (AvgIpc) is 2.92. The Bertz CT molecular complexity index is 503. The van der Waals surface area contributed by atoms with E-state index in [1.807, 2.05) is 36.5 Å². The van der Waals surface area contributed by atoms with Crippen molar-refractivity contribution in [2.24, 2.45) is 0 Å². The maximum atomic E-state index is 11.9. The van der Waals surface area contributed by atoms with Gasteiger partial charge in [0.05, 0.1) is 5.69 Å². The zero-order valence-electron chi connectivity index (χ0n) is 10.9. The first-order chi connectivity index (χ1) is 9.54. The highest BCUT2D eigenvalue weighted by Gasteiger charge is 2.25. The topological polar surface area (TPSA) is 29.9 Å². The van der Waals surface area contributed by atoms with Crippen LogP contribution in [0.4, 0.5) is 13.2 Å². The van der Waals surface area contributed by atoms with Crippen LogP contribution in [0.15, 0.2) is 42.7 Å². The van der Waals surface area contributed by atoms with Gasteiger partial charge in [0, 0.05) is 25.4 Å². The van der Waals surface area contributed by atoms with Gasteiger partial charge in [-0.05, 0) is 36.7 Å². The Hall–Kier alpha value is -1.82. The molecule has 1 heterocycles. The maximum Gasteiger partial charge on any atom is 0.389 e. The summed E-state index contributed by atoms with van der Waals surface area (Å²) in [6.45, 7) is 0.928. The Kier molecular flexibility index (Phi) is 4.79. The predicted molar refractivity (Wildman–Crippen MR) is 70.6 cm³/mol. The van der Waals surface area contributed by atoms with Crippen LogP contribution in [0.25, 0.3) is 5.69 Å². The average molecular weight is 283 g/mol. The molecule has 0 saturated carbocycles. The minimum absolute atomic E-state index is 0.106. The summed E-state index contributed by atoms with van der Waals surface area (Å²) in [5.74, 6) is 0. The van der Waals surface area contributed by atoms with Crippen molar-refractivity contribution in [1.82, 2.24) is 15.1 Å². The number of hydrogen-bond acceptors (Lipinski definition) is 2. The number of rotatable bonds is 6. The van der Waals surface area contributed by atoms with Crippen LogP contribution in [0.2, 0.25) is 0 Å².